The Balaban J connectivity index is 1.59. The summed E-state index contributed by atoms with van der Waals surface area (Å²) in [4.78, 5) is 26.4. The first-order chi connectivity index (χ1) is 12.4. The minimum Gasteiger partial charge on any atom is -0.469 e. The van der Waals surface area contributed by atoms with Crippen LogP contribution in [-0.2, 0) is 0 Å². The third kappa shape index (κ3) is 4.12. The molecule has 26 heavy (non-hydrogen) atoms. The Hall–Kier alpha value is -2.64. The van der Waals surface area contributed by atoms with Crippen LogP contribution in [0.3, 0.4) is 0 Å². The maximum atomic E-state index is 12.6. The lowest BCUT2D eigenvalue weighted by Crippen LogP contribution is -2.41. The summed E-state index contributed by atoms with van der Waals surface area (Å²) >= 11 is 0. The van der Waals surface area contributed by atoms with Crippen molar-refractivity contribution in [2.24, 2.45) is 0 Å². The van der Waals surface area contributed by atoms with E-state index in [2.05, 4.69) is 23.1 Å². The number of amides is 2. The molecule has 2 amide bonds. The molecule has 1 aliphatic heterocycles. The van der Waals surface area contributed by atoms with Crippen molar-refractivity contribution in [3.05, 3.63) is 53.5 Å². The molecule has 0 spiro atoms. The molecular weight excluding hydrogens is 332 g/mol. The van der Waals surface area contributed by atoms with Gasteiger partial charge in [0.25, 0.3) is 11.8 Å². The Labute approximate surface area is 152 Å². The van der Waals surface area contributed by atoms with Gasteiger partial charge in [-0.25, -0.2) is 0 Å². The number of hydrogen-bond acceptors (Lipinski definition) is 5. The fourth-order valence-electron chi connectivity index (χ4n) is 3.07. The molecule has 2 aromatic rings. The van der Waals surface area contributed by atoms with Crippen molar-refractivity contribution in [1.29, 1.82) is 0 Å². The zero-order valence-corrected chi connectivity index (χ0v) is 15.2. The lowest BCUT2D eigenvalue weighted by atomic mass is 10.1. The predicted molar refractivity (Wildman–Crippen MR) is 98.9 cm³/mol. The van der Waals surface area contributed by atoms with E-state index in [9.17, 15) is 9.59 Å². The number of hydrogen-bond donors (Lipinski definition) is 3. The Bertz CT molecular complexity index is 784. The summed E-state index contributed by atoms with van der Waals surface area (Å²) in [5.41, 5.74) is 8.07. The van der Waals surface area contributed by atoms with Gasteiger partial charge in [-0.3, -0.25) is 20.4 Å². The molecule has 2 heterocycles. The molecular formula is C19H24N4O3. The van der Waals surface area contributed by atoms with Gasteiger partial charge >= 0.3 is 0 Å². The van der Waals surface area contributed by atoms with Gasteiger partial charge in [-0.1, -0.05) is 0 Å². The molecule has 1 aliphatic rings. The number of anilines is 1. The third-order valence-electron chi connectivity index (χ3n) is 4.51. The molecule has 3 rings (SSSR count). The Morgan fingerprint density at radius 1 is 1.23 bits per heavy atom. The summed E-state index contributed by atoms with van der Waals surface area (Å²) < 4.78 is 5.14. The number of carbonyl (C=O) groups excluding carboxylic acids is 2. The van der Waals surface area contributed by atoms with E-state index in [0.29, 0.717) is 35.2 Å². The van der Waals surface area contributed by atoms with Crippen LogP contribution in [0.4, 0.5) is 5.69 Å². The molecule has 2 atom stereocenters. The maximum Gasteiger partial charge on any atom is 0.259 e. The molecule has 0 radical (unpaired) electrons. The van der Waals surface area contributed by atoms with Crippen LogP contribution in [0.5, 0.6) is 0 Å². The van der Waals surface area contributed by atoms with E-state index in [0.717, 1.165) is 6.42 Å². The highest BCUT2D eigenvalue weighted by Gasteiger charge is 2.23. The largest absolute Gasteiger partial charge is 0.469 e. The number of aryl methyl sites for hydroxylation is 1. The quantitative estimate of drug-likeness (QED) is 0.764. The van der Waals surface area contributed by atoms with Crippen molar-refractivity contribution in [3.63, 3.8) is 0 Å². The van der Waals surface area contributed by atoms with Crippen LogP contribution < -0.4 is 16.2 Å². The minimum absolute atomic E-state index is 0.0464. The summed E-state index contributed by atoms with van der Waals surface area (Å²) in [5.74, 6) is 0.288. The fraction of sp³-hybridized carbons (Fsp3) is 0.368. The first-order valence-corrected chi connectivity index (χ1v) is 8.66. The van der Waals surface area contributed by atoms with Gasteiger partial charge in [0.05, 0.1) is 11.8 Å². The van der Waals surface area contributed by atoms with Gasteiger partial charge in [-0.2, -0.15) is 0 Å². The van der Waals surface area contributed by atoms with Crippen LogP contribution in [-0.4, -0.2) is 42.4 Å². The summed E-state index contributed by atoms with van der Waals surface area (Å²) in [6.45, 7) is 4.48. The van der Waals surface area contributed by atoms with Crippen molar-refractivity contribution in [2.75, 3.05) is 18.9 Å². The smallest absolute Gasteiger partial charge is 0.259 e. The Kier molecular flexibility index (Phi) is 5.39. The van der Waals surface area contributed by atoms with Gasteiger partial charge < -0.3 is 14.6 Å². The van der Waals surface area contributed by atoms with E-state index >= 15 is 0 Å². The highest BCUT2D eigenvalue weighted by Crippen LogP contribution is 2.15. The molecule has 7 heteroatoms. The molecule has 1 saturated heterocycles. The molecule has 1 aromatic heterocycles. The van der Waals surface area contributed by atoms with Crippen LogP contribution >= 0.6 is 0 Å². The van der Waals surface area contributed by atoms with Crippen LogP contribution in [0, 0.1) is 6.92 Å². The van der Waals surface area contributed by atoms with Gasteiger partial charge in [0, 0.05) is 36.9 Å². The number of rotatable bonds is 5. The van der Waals surface area contributed by atoms with E-state index < -0.39 is 0 Å². The Morgan fingerprint density at radius 2 is 1.96 bits per heavy atom. The highest BCUT2D eigenvalue weighted by atomic mass is 16.3. The van der Waals surface area contributed by atoms with E-state index in [1.54, 1.807) is 49.2 Å². The van der Waals surface area contributed by atoms with Gasteiger partial charge in [0.1, 0.15) is 5.76 Å². The monoisotopic (exact) mass is 356 g/mol. The molecule has 3 N–H and O–H groups in total. The van der Waals surface area contributed by atoms with Crippen molar-refractivity contribution in [3.8, 4) is 0 Å². The minimum atomic E-state index is -0.235. The number of nitrogens with zero attached hydrogens (tertiary/aromatic N) is 1. The first kappa shape index (κ1) is 18.2. The number of hydrazine groups is 1. The second-order valence-electron chi connectivity index (χ2n) is 6.73. The molecule has 2 unspecified atom stereocenters. The highest BCUT2D eigenvalue weighted by molar-refractivity contribution is 6.05. The normalized spacial score (nSPS) is 19.3. The predicted octanol–water partition coefficient (Wildman–Crippen LogP) is 2.17. The number of carbonyl (C=O) groups is 2. The molecule has 1 aromatic carbocycles. The fourth-order valence-corrected chi connectivity index (χ4v) is 3.07. The van der Waals surface area contributed by atoms with Crippen molar-refractivity contribution >= 4 is 17.5 Å². The van der Waals surface area contributed by atoms with Gasteiger partial charge in [-0.15, -0.1) is 0 Å². The topological polar surface area (TPSA) is 86.6 Å². The number of likely N-dealkylation sites (N-methyl/N-ethyl adjacent to an activating group) is 1. The molecule has 0 saturated carbocycles. The van der Waals surface area contributed by atoms with E-state index in [1.807, 2.05) is 0 Å². The average Bonchev–Trinajstić information content (AvgIpc) is 3.23. The number of furan rings is 1. The molecule has 7 nitrogen and oxygen atoms in total. The second kappa shape index (κ2) is 7.72. The first-order valence-electron chi connectivity index (χ1n) is 8.66. The lowest BCUT2D eigenvalue weighted by Gasteiger charge is -2.21. The van der Waals surface area contributed by atoms with Crippen molar-refractivity contribution in [1.82, 2.24) is 15.8 Å². The zero-order chi connectivity index (χ0) is 18.7. The third-order valence-corrected chi connectivity index (χ3v) is 4.51. The van der Waals surface area contributed by atoms with Crippen LogP contribution in [0.1, 0.15) is 39.8 Å². The lowest BCUT2D eigenvalue weighted by molar-refractivity contribution is 0.0782. The maximum absolute atomic E-state index is 12.6. The molecule has 138 valence electrons. The molecule has 1 fully saturated rings. The SMILES string of the molecule is Cc1occc1C(=O)Nc1ccc(C(=O)N(C)CC2CC(C)NN2)cc1. The average molecular weight is 356 g/mol. The van der Waals surface area contributed by atoms with Gasteiger partial charge in [-0.05, 0) is 50.6 Å². The molecule has 0 aliphatic carbocycles. The van der Waals surface area contributed by atoms with Crippen molar-refractivity contribution in [2.45, 2.75) is 32.4 Å². The van der Waals surface area contributed by atoms with E-state index in [4.69, 9.17) is 4.42 Å². The summed E-state index contributed by atoms with van der Waals surface area (Å²) in [6, 6.07) is 9.18. The van der Waals surface area contributed by atoms with E-state index in [1.165, 1.54) is 6.26 Å². The molecule has 0 bridgehead atoms. The Morgan fingerprint density at radius 3 is 2.54 bits per heavy atom. The number of nitrogens with one attached hydrogen (secondary N) is 3. The second-order valence-corrected chi connectivity index (χ2v) is 6.73. The van der Waals surface area contributed by atoms with Crippen molar-refractivity contribution < 1.29 is 14.0 Å². The number of benzene rings is 1. The van der Waals surface area contributed by atoms with Crippen LogP contribution in [0.2, 0.25) is 0 Å². The summed E-state index contributed by atoms with van der Waals surface area (Å²) in [6.07, 6.45) is 2.47. The summed E-state index contributed by atoms with van der Waals surface area (Å²) in [5, 5.41) is 2.80. The van der Waals surface area contributed by atoms with Crippen LogP contribution in [0.15, 0.2) is 41.0 Å². The van der Waals surface area contributed by atoms with Gasteiger partial charge in [0.2, 0.25) is 0 Å². The van der Waals surface area contributed by atoms with E-state index in [-0.39, 0.29) is 17.9 Å². The zero-order valence-electron chi connectivity index (χ0n) is 15.2. The summed E-state index contributed by atoms with van der Waals surface area (Å²) in [7, 11) is 1.80. The van der Waals surface area contributed by atoms with Crippen LogP contribution in [0.25, 0.3) is 0 Å². The standard InChI is InChI=1S/C19H24N4O3/c1-12-10-16(22-21-12)11-23(3)19(25)14-4-6-15(7-5-14)20-18(24)17-8-9-26-13(17)2/h4-9,12,16,21-22H,10-11H2,1-3H3,(H,20,24). The van der Waals surface area contributed by atoms with Gasteiger partial charge in [0.15, 0.2) is 0 Å².